The SMILES string of the molecule is CC(=O)OCC1O[C@@H]2OC(C)N(C)[C@H]2C(OC(C)=O)[C@H]1OC(C)=O. The van der Waals surface area contributed by atoms with Gasteiger partial charge < -0.3 is 23.7 Å². The highest BCUT2D eigenvalue weighted by Crippen LogP contribution is 2.35. The monoisotopic (exact) mass is 345 g/mol. The lowest BCUT2D eigenvalue weighted by atomic mass is 9.96. The minimum Gasteiger partial charge on any atom is -0.463 e. The third kappa shape index (κ3) is 4.03. The van der Waals surface area contributed by atoms with E-state index in [4.69, 9.17) is 23.7 Å². The van der Waals surface area contributed by atoms with E-state index in [1.54, 1.807) is 7.05 Å². The maximum Gasteiger partial charge on any atom is 0.303 e. The number of hydrogen-bond donors (Lipinski definition) is 0. The molecule has 0 aromatic rings. The van der Waals surface area contributed by atoms with E-state index in [1.807, 2.05) is 11.8 Å². The Labute approximate surface area is 140 Å². The normalized spacial score (nSPS) is 35.9. The molecule has 0 bridgehead atoms. The van der Waals surface area contributed by atoms with Crippen molar-refractivity contribution in [3.05, 3.63) is 0 Å². The first-order chi connectivity index (χ1) is 11.2. The lowest BCUT2D eigenvalue weighted by molar-refractivity contribution is -0.260. The smallest absolute Gasteiger partial charge is 0.303 e. The van der Waals surface area contributed by atoms with E-state index >= 15 is 0 Å². The number of nitrogens with zero attached hydrogens (tertiary/aromatic N) is 1. The van der Waals surface area contributed by atoms with Crippen molar-refractivity contribution in [2.45, 2.75) is 64.6 Å². The fraction of sp³-hybridized carbons (Fsp3) is 0.800. The van der Waals surface area contributed by atoms with Gasteiger partial charge in [0.1, 0.15) is 25.0 Å². The van der Waals surface area contributed by atoms with Crippen LogP contribution >= 0.6 is 0 Å². The molecule has 0 aliphatic carbocycles. The van der Waals surface area contributed by atoms with E-state index < -0.39 is 48.6 Å². The second-order valence-electron chi connectivity index (χ2n) is 5.89. The van der Waals surface area contributed by atoms with Crippen molar-refractivity contribution in [1.29, 1.82) is 0 Å². The van der Waals surface area contributed by atoms with Crippen LogP contribution in [0, 0.1) is 0 Å². The molecule has 0 amide bonds. The number of esters is 3. The predicted molar refractivity (Wildman–Crippen MR) is 78.5 cm³/mol. The average molecular weight is 345 g/mol. The zero-order valence-corrected chi connectivity index (χ0v) is 14.4. The first-order valence-corrected chi connectivity index (χ1v) is 7.71. The second kappa shape index (κ2) is 7.45. The summed E-state index contributed by atoms with van der Waals surface area (Å²) >= 11 is 0. The number of hydrogen-bond acceptors (Lipinski definition) is 9. The van der Waals surface area contributed by atoms with E-state index in [9.17, 15) is 14.4 Å². The molecule has 3 unspecified atom stereocenters. The standard InChI is InChI=1S/C15H23NO8/c1-7-16(5)12-14(23-10(4)19)13(22-9(3)18)11(6-20-8(2)17)24-15(12)21-7/h7,11-15H,6H2,1-5H3/t7?,11?,12-,13-,14?,15-/m0/s1. The van der Waals surface area contributed by atoms with Crippen LogP contribution in [0.25, 0.3) is 0 Å². The Hall–Kier alpha value is -1.71. The minimum absolute atomic E-state index is 0.143. The molecule has 0 aromatic carbocycles. The van der Waals surface area contributed by atoms with E-state index in [0.29, 0.717) is 0 Å². The van der Waals surface area contributed by atoms with Gasteiger partial charge in [0.15, 0.2) is 18.5 Å². The van der Waals surface area contributed by atoms with Gasteiger partial charge in [0.2, 0.25) is 0 Å². The van der Waals surface area contributed by atoms with Crippen molar-refractivity contribution >= 4 is 17.9 Å². The Kier molecular flexibility index (Phi) is 5.79. The molecule has 9 heteroatoms. The van der Waals surface area contributed by atoms with Gasteiger partial charge in [-0.2, -0.15) is 0 Å². The Morgan fingerprint density at radius 2 is 1.54 bits per heavy atom. The van der Waals surface area contributed by atoms with E-state index in [0.717, 1.165) is 0 Å². The Balaban J connectivity index is 2.29. The van der Waals surface area contributed by atoms with Gasteiger partial charge in [0, 0.05) is 20.8 Å². The van der Waals surface area contributed by atoms with Crippen molar-refractivity contribution in [1.82, 2.24) is 4.90 Å². The molecule has 0 radical (unpaired) electrons. The summed E-state index contributed by atoms with van der Waals surface area (Å²) < 4.78 is 27.3. The molecular formula is C15H23NO8. The zero-order chi connectivity index (χ0) is 18.0. The van der Waals surface area contributed by atoms with Gasteiger partial charge in [0.25, 0.3) is 0 Å². The largest absolute Gasteiger partial charge is 0.463 e. The van der Waals surface area contributed by atoms with Gasteiger partial charge in [-0.3, -0.25) is 19.3 Å². The number of carbonyl (C=O) groups is 3. The summed E-state index contributed by atoms with van der Waals surface area (Å²) in [5.41, 5.74) is 0. The Morgan fingerprint density at radius 1 is 0.958 bits per heavy atom. The maximum atomic E-state index is 11.5. The van der Waals surface area contributed by atoms with Crippen LogP contribution in [0.5, 0.6) is 0 Å². The molecule has 2 aliphatic rings. The highest BCUT2D eigenvalue weighted by atomic mass is 16.7. The zero-order valence-electron chi connectivity index (χ0n) is 14.4. The molecule has 0 saturated carbocycles. The van der Waals surface area contributed by atoms with Crippen LogP contribution in [0.15, 0.2) is 0 Å². The van der Waals surface area contributed by atoms with Crippen molar-refractivity contribution in [3.63, 3.8) is 0 Å². The summed E-state index contributed by atoms with van der Waals surface area (Å²) in [5, 5.41) is 0. The molecule has 0 spiro atoms. The quantitative estimate of drug-likeness (QED) is 0.507. The van der Waals surface area contributed by atoms with E-state index in [1.165, 1.54) is 20.8 Å². The summed E-state index contributed by atoms with van der Waals surface area (Å²) in [6.45, 7) is 5.47. The highest BCUT2D eigenvalue weighted by molar-refractivity contribution is 5.68. The van der Waals surface area contributed by atoms with Gasteiger partial charge in [-0.1, -0.05) is 0 Å². The summed E-state index contributed by atoms with van der Waals surface area (Å²) in [4.78, 5) is 36.0. The van der Waals surface area contributed by atoms with E-state index in [2.05, 4.69) is 0 Å². The Morgan fingerprint density at radius 3 is 2.08 bits per heavy atom. The fourth-order valence-corrected chi connectivity index (χ4v) is 2.96. The lowest BCUT2D eigenvalue weighted by Gasteiger charge is -2.43. The molecule has 24 heavy (non-hydrogen) atoms. The lowest BCUT2D eigenvalue weighted by Crippen LogP contribution is -2.63. The molecule has 9 nitrogen and oxygen atoms in total. The third-order valence-corrected chi connectivity index (χ3v) is 4.04. The van der Waals surface area contributed by atoms with E-state index in [-0.39, 0.29) is 12.8 Å². The first-order valence-electron chi connectivity index (χ1n) is 7.71. The predicted octanol–water partition coefficient (Wildman–Crippen LogP) is -0.186. The molecular weight excluding hydrogens is 322 g/mol. The van der Waals surface area contributed by atoms with Crippen LogP contribution in [0.4, 0.5) is 0 Å². The average Bonchev–Trinajstić information content (AvgIpc) is 2.73. The van der Waals surface area contributed by atoms with Crippen molar-refractivity contribution in [3.8, 4) is 0 Å². The minimum atomic E-state index is -0.914. The number of rotatable bonds is 4. The van der Waals surface area contributed by atoms with Crippen LogP contribution in [0.1, 0.15) is 27.7 Å². The fourth-order valence-electron chi connectivity index (χ4n) is 2.96. The van der Waals surface area contributed by atoms with Crippen LogP contribution < -0.4 is 0 Å². The molecule has 0 N–H and O–H groups in total. The molecule has 0 aromatic heterocycles. The number of ether oxygens (including phenoxy) is 5. The Bertz CT molecular complexity index is 510. The van der Waals surface area contributed by atoms with Crippen molar-refractivity contribution in [2.24, 2.45) is 0 Å². The van der Waals surface area contributed by atoms with Gasteiger partial charge in [0.05, 0.1) is 0 Å². The topological polar surface area (TPSA) is 101 Å². The molecule has 2 fully saturated rings. The van der Waals surface area contributed by atoms with Crippen molar-refractivity contribution < 1.29 is 38.1 Å². The summed E-state index contributed by atoms with van der Waals surface area (Å²) in [6.07, 6.45) is -3.49. The first kappa shape index (κ1) is 18.6. The molecule has 136 valence electrons. The second-order valence-corrected chi connectivity index (χ2v) is 5.89. The van der Waals surface area contributed by atoms with Gasteiger partial charge in [-0.25, -0.2) is 0 Å². The van der Waals surface area contributed by atoms with Gasteiger partial charge >= 0.3 is 17.9 Å². The molecule has 2 aliphatic heterocycles. The number of likely N-dealkylation sites (N-methyl/N-ethyl adjacent to an activating group) is 1. The molecule has 2 rings (SSSR count). The molecule has 6 atom stereocenters. The van der Waals surface area contributed by atoms with Crippen LogP contribution in [0.3, 0.4) is 0 Å². The third-order valence-electron chi connectivity index (χ3n) is 4.04. The molecule has 2 saturated heterocycles. The number of carbonyl (C=O) groups excluding carboxylic acids is 3. The summed E-state index contributed by atoms with van der Waals surface area (Å²) in [7, 11) is 1.80. The van der Waals surface area contributed by atoms with Crippen LogP contribution in [0.2, 0.25) is 0 Å². The van der Waals surface area contributed by atoms with Crippen molar-refractivity contribution in [2.75, 3.05) is 13.7 Å². The van der Waals surface area contributed by atoms with Gasteiger partial charge in [-0.05, 0) is 14.0 Å². The van der Waals surface area contributed by atoms with Gasteiger partial charge in [-0.15, -0.1) is 0 Å². The maximum absolute atomic E-state index is 11.5. The summed E-state index contributed by atoms with van der Waals surface area (Å²) in [5.74, 6) is -1.57. The highest BCUT2D eigenvalue weighted by Gasteiger charge is 2.56. The van der Waals surface area contributed by atoms with Crippen LogP contribution in [-0.2, 0) is 38.1 Å². The summed E-state index contributed by atoms with van der Waals surface area (Å²) in [6, 6.07) is -0.443. The van der Waals surface area contributed by atoms with Crippen LogP contribution in [-0.4, -0.2) is 73.3 Å². The number of fused-ring (bicyclic) bond motifs is 1. The molecule has 2 heterocycles.